The molecule has 1 aromatic carbocycles. The molecule has 3 aromatic rings. The summed E-state index contributed by atoms with van der Waals surface area (Å²) in [4.78, 5) is 10.8. The third-order valence-corrected chi connectivity index (χ3v) is 4.99. The maximum atomic E-state index is 13.4. The number of nitrogens with zero attached hydrogens (tertiary/aromatic N) is 5. The van der Waals surface area contributed by atoms with E-state index in [1.54, 1.807) is 7.11 Å². The highest BCUT2D eigenvalue weighted by Gasteiger charge is 2.25. The van der Waals surface area contributed by atoms with Crippen LogP contribution in [0.25, 0.3) is 5.78 Å². The molecule has 0 N–H and O–H groups in total. The van der Waals surface area contributed by atoms with E-state index in [2.05, 4.69) is 26.0 Å². The number of hydrogen-bond acceptors (Lipinski definition) is 5. The van der Waals surface area contributed by atoms with Gasteiger partial charge >= 0.3 is 0 Å². The van der Waals surface area contributed by atoms with Gasteiger partial charge in [0.05, 0.1) is 12.8 Å². The Morgan fingerprint density at radius 3 is 3.00 bits per heavy atom. The van der Waals surface area contributed by atoms with Crippen LogP contribution in [0.1, 0.15) is 42.1 Å². The Kier molecular flexibility index (Phi) is 4.98. The molecule has 0 aliphatic carbocycles. The van der Waals surface area contributed by atoms with Crippen LogP contribution in [0.3, 0.4) is 0 Å². The van der Waals surface area contributed by atoms with Gasteiger partial charge in [0, 0.05) is 19.0 Å². The summed E-state index contributed by atoms with van der Waals surface area (Å²) in [5.74, 6) is 1.16. The van der Waals surface area contributed by atoms with Crippen LogP contribution in [0.15, 0.2) is 36.7 Å². The topological polar surface area (TPSA) is 55.6 Å². The van der Waals surface area contributed by atoms with Crippen molar-refractivity contribution < 1.29 is 13.5 Å². The van der Waals surface area contributed by atoms with E-state index in [-0.39, 0.29) is 17.4 Å². The van der Waals surface area contributed by atoms with Gasteiger partial charge in [-0.2, -0.15) is 14.6 Å². The van der Waals surface area contributed by atoms with E-state index in [4.69, 9.17) is 4.74 Å². The number of hydrogen-bond donors (Lipinski definition) is 0. The molecule has 1 aliphatic heterocycles. The maximum Gasteiger partial charge on any atom is 0.280 e. The second kappa shape index (κ2) is 7.56. The summed E-state index contributed by atoms with van der Waals surface area (Å²) < 4.78 is 33.2. The van der Waals surface area contributed by atoms with Gasteiger partial charge in [-0.05, 0) is 43.1 Å². The van der Waals surface area contributed by atoms with E-state index in [1.165, 1.54) is 18.0 Å². The van der Waals surface area contributed by atoms with Crippen LogP contribution in [0, 0.1) is 0 Å². The highest BCUT2D eigenvalue weighted by Crippen LogP contribution is 2.29. The van der Waals surface area contributed by atoms with Crippen molar-refractivity contribution in [3.63, 3.8) is 0 Å². The highest BCUT2D eigenvalue weighted by atomic mass is 19.3. The van der Waals surface area contributed by atoms with E-state index in [1.807, 2.05) is 18.2 Å². The molecule has 1 atom stereocenters. The van der Waals surface area contributed by atoms with Crippen LogP contribution in [-0.4, -0.2) is 44.7 Å². The Labute approximate surface area is 155 Å². The van der Waals surface area contributed by atoms with E-state index < -0.39 is 6.43 Å². The van der Waals surface area contributed by atoms with Gasteiger partial charge in [-0.3, -0.25) is 4.90 Å². The number of benzene rings is 1. The van der Waals surface area contributed by atoms with Gasteiger partial charge in [-0.25, -0.2) is 13.8 Å². The standard InChI is InChI=1S/C19H21F2N5O/c1-27-15-6-2-4-13(8-15)10-25-7-3-5-14(11-25)16-9-17(18(20)21)26-19(24-16)22-12-23-26/h2,4,6,8-9,12,14,18H,3,5,7,10-11H2,1H3. The summed E-state index contributed by atoms with van der Waals surface area (Å²) in [6.45, 7) is 2.54. The minimum Gasteiger partial charge on any atom is -0.497 e. The molecule has 2 aromatic heterocycles. The van der Waals surface area contributed by atoms with Gasteiger partial charge in [-0.15, -0.1) is 0 Å². The molecule has 0 radical (unpaired) electrons. The quantitative estimate of drug-likeness (QED) is 0.686. The fourth-order valence-electron chi connectivity index (χ4n) is 3.69. The van der Waals surface area contributed by atoms with Crippen molar-refractivity contribution in [3.8, 4) is 5.75 Å². The van der Waals surface area contributed by atoms with Crippen LogP contribution in [0.2, 0.25) is 0 Å². The van der Waals surface area contributed by atoms with E-state index >= 15 is 0 Å². The van der Waals surface area contributed by atoms with Crippen LogP contribution in [0.5, 0.6) is 5.75 Å². The van der Waals surface area contributed by atoms with Crippen molar-refractivity contribution in [3.05, 3.63) is 53.6 Å². The van der Waals surface area contributed by atoms with Gasteiger partial charge in [0.2, 0.25) is 0 Å². The smallest absolute Gasteiger partial charge is 0.280 e. The summed E-state index contributed by atoms with van der Waals surface area (Å²) in [6.07, 6.45) is 0.563. The van der Waals surface area contributed by atoms with Crippen molar-refractivity contribution in [2.75, 3.05) is 20.2 Å². The number of fused-ring (bicyclic) bond motifs is 1. The van der Waals surface area contributed by atoms with E-state index in [9.17, 15) is 8.78 Å². The fraction of sp³-hybridized carbons (Fsp3) is 0.421. The number of likely N-dealkylation sites (tertiary alicyclic amines) is 1. The van der Waals surface area contributed by atoms with Crippen LogP contribution < -0.4 is 4.74 Å². The molecule has 0 saturated carbocycles. The zero-order valence-corrected chi connectivity index (χ0v) is 15.1. The minimum atomic E-state index is -2.62. The second-order valence-electron chi connectivity index (χ2n) is 6.80. The lowest BCUT2D eigenvalue weighted by molar-refractivity contribution is 0.142. The zero-order chi connectivity index (χ0) is 18.8. The summed E-state index contributed by atoms with van der Waals surface area (Å²) in [7, 11) is 1.66. The number of ether oxygens (including phenoxy) is 1. The predicted octanol–water partition coefficient (Wildman–Crippen LogP) is 3.45. The molecule has 6 nitrogen and oxygen atoms in total. The molecule has 1 aliphatic rings. The fourth-order valence-corrected chi connectivity index (χ4v) is 3.69. The third-order valence-electron chi connectivity index (χ3n) is 4.99. The first-order chi connectivity index (χ1) is 13.1. The Hall–Kier alpha value is -2.61. The van der Waals surface area contributed by atoms with Gasteiger partial charge in [-0.1, -0.05) is 12.1 Å². The number of methoxy groups -OCH3 is 1. The number of alkyl halides is 2. The van der Waals surface area contributed by atoms with Crippen molar-refractivity contribution in [2.45, 2.75) is 31.7 Å². The molecule has 27 heavy (non-hydrogen) atoms. The monoisotopic (exact) mass is 373 g/mol. The van der Waals surface area contributed by atoms with E-state index in [0.29, 0.717) is 5.69 Å². The summed E-state index contributed by atoms with van der Waals surface area (Å²) in [6, 6.07) is 9.48. The summed E-state index contributed by atoms with van der Waals surface area (Å²) in [5.41, 5.74) is 1.68. The van der Waals surface area contributed by atoms with E-state index in [0.717, 1.165) is 42.7 Å². The van der Waals surface area contributed by atoms with Crippen LogP contribution >= 0.6 is 0 Å². The molecular formula is C19H21F2N5O. The first-order valence-electron chi connectivity index (χ1n) is 8.98. The molecular weight excluding hydrogens is 352 g/mol. The number of aromatic nitrogens is 4. The average molecular weight is 373 g/mol. The highest BCUT2D eigenvalue weighted by molar-refractivity contribution is 5.32. The average Bonchev–Trinajstić information content (AvgIpc) is 3.16. The largest absolute Gasteiger partial charge is 0.497 e. The molecule has 1 fully saturated rings. The lowest BCUT2D eigenvalue weighted by Gasteiger charge is -2.32. The van der Waals surface area contributed by atoms with Gasteiger partial charge in [0.1, 0.15) is 17.8 Å². The third kappa shape index (κ3) is 3.75. The predicted molar refractivity (Wildman–Crippen MR) is 96.0 cm³/mol. The summed E-state index contributed by atoms with van der Waals surface area (Å²) in [5, 5.41) is 3.85. The number of halogens is 2. The maximum absolute atomic E-state index is 13.4. The van der Waals surface area contributed by atoms with Crippen molar-refractivity contribution in [2.24, 2.45) is 0 Å². The Morgan fingerprint density at radius 2 is 2.19 bits per heavy atom. The number of piperidine rings is 1. The molecule has 1 unspecified atom stereocenters. The second-order valence-corrected chi connectivity index (χ2v) is 6.80. The molecule has 3 heterocycles. The molecule has 0 spiro atoms. The van der Waals surface area contributed by atoms with Crippen LogP contribution in [-0.2, 0) is 6.54 Å². The Morgan fingerprint density at radius 1 is 1.30 bits per heavy atom. The molecule has 8 heteroatoms. The molecule has 0 bridgehead atoms. The molecule has 0 amide bonds. The lowest BCUT2D eigenvalue weighted by atomic mass is 9.93. The zero-order valence-electron chi connectivity index (χ0n) is 15.1. The summed E-state index contributed by atoms with van der Waals surface area (Å²) >= 11 is 0. The Bertz CT molecular complexity index is 929. The number of rotatable bonds is 5. The molecule has 1 saturated heterocycles. The normalized spacial score (nSPS) is 18.3. The van der Waals surface area contributed by atoms with Crippen molar-refractivity contribution in [1.82, 2.24) is 24.5 Å². The molecule has 142 valence electrons. The van der Waals surface area contributed by atoms with Gasteiger partial charge < -0.3 is 4.74 Å². The van der Waals surface area contributed by atoms with Crippen LogP contribution in [0.4, 0.5) is 8.78 Å². The molecule has 4 rings (SSSR count). The van der Waals surface area contributed by atoms with Gasteiger partial charge in [0.15, 0.2) is 0 Å². The van der Waals surface area contributed by atoms with Crippen molar-refractivity contribution >= 4 is 5.78 Å². The lowest BCUT2D eigenvalue weighted by Crippen LogP contribution is -2.34. The van der Waals surface area contributed by atoms with Gasteiger partial charge in [0.25, 0.3) is 12.2 Å². The first-order valence-corrected chi connectivity index (χ1v) is 8.98. The minimum absolute atomic E-state index is 0.101. The SMILES string of the molecule is COc1cccc(CN2CCCC(c3cc(C(F)F)n4ncnc4n3)C2)c1. The first kappa shape index (κ1) is 17.8. The van der Waals surface area contributed by atoms with Crippen molar-refractivity contribution in [1.29, 1.82) is 0 Å². The Balaban J connectivity index is 1.55.